The van der Waals surface area contributed by atoms with Crippen molar-refractivity contribution in [3.05, 3.63) is 24.4 Å². The van der Waals surface area contributed by atoms with Gasteiger partial charge in [0.2, 0.25) is 0 Å². The van der Waals surface area contributed by atoms with Crippen LogP contribution < -0.4 is 14.8 Å². The third-order valence-electron chi connectivity index (χ3n) is 3.59. The number of rotatable bonds is 7. The second-order valence-electron chi connectivity index (χ2n) is 4.91. The van der Waals surface area contributed by atoms with Crippen molar-refractivity contribution in [3.63, 3.8) is 0 Å². The lowest BCUT2D eigenvalue weighted by Crippen LogP contribution is -2.24. The first-order chi connectivity index (χ1) is 10.2. The van der Waals surface area contributed by atoms with Gasteiger partial charge in [-0.15, -0.1) is 0 Å². The molecule has 0 unspecified atom stereocenters. The van der Waals surface area contributed by atoms with E-state index in [4.69, 9.17) is 9.47 Å². The number of fused-ring (bicyclic) bond motifs is 1. The Hall–Kier alpha value is -2.01. The van der Waals surface area contributed by atoms with Gasteiger partial charge in [-0.3, -0.25) is 0 Å². The number of likely N-dealkylation sites (N-methyl/N-ethyl adjacent to an activating group) is 1. The number of nitrogens with zero attached hydrogens (tertiary/aromatic N) is 2. The summed E-state index contributed by atoms with van der Waals surface area (Å²) in [5.74, 6) is 2.32. The quantitative estimate of drug-likeness (QED) is 0.849. The van der Waals surface area contributed by atoms with Crippen molar-refractivity contribution in [2.24, 2.45) is 0 Å². The van der Waals surface area contributed by atoms with E-state index in [0.717, 1.165) is 42.0 Å². The zero-order chi connectivity index (χ0) is 15.2. The molecule has 5 heteroatoms. The summed E-state index contributed by atoms with van der Waals surface area (Å²) in [6.45, 7) is 5.01. The molecule has 1 aromatic carbocycles. The molecule has 0 amide bonds. The Bertz CT molecular complexity index is 601. The molecule has 2 aromatic rings. The second kappa shape index (κ2) is 7.13. The number of aromatic nitrogens is 1. The van der Waals surface area contributed by atoms with Crippen molar-refractivity contribution < 1.29 is 9.47 Å². The summed E-state index contributed by atoms with van der Waals surface area (Å²) in [5, 5.41) is 5.51. The highest BCUT2D eigenvalue weighted by molar-refractivity contribution is 5.94. The van der Waals surface area contributed by atoms with Crippen molar-refractivity contribution in [1.82, 2.24) is 9.88 Å². The normalized spacial score (nSPS) is 10.9. The molecule has 0 saturated heterocycles. The van der Waals surface area contributed by atoms with Gasteiger partial charge in [-0.1, -0.05) is 6.92 Å². The first-order valence-corrected chi connectivity index (χ1v) is 7.12. The van der Waals surface area contributed by atoms with E-state index in [1.807, 2.05) is 18.2 Å². The molecule has 1 aromatic heterocycles. The van der Waals surface area contributed by atoms with Gasteiger partial charge < -0.3 is 19.7 Å². The van der Waals surface area contributed by atoms with Crippen LogP contribution in [-0.2, 0) is 0 Å². The highest BCUT2D eigenvalue weighted by Crippen LogP contribution is 2.34. The third kappa shape index (κ3) is 3.55. The van der Waals surface area contributed by atoms with Crippen LogP contribution in [0.25, 0.3) is 10.8 Å². The molecular weight excluding hydrogens is 266 g/mol. The Balaban J connectivity index is 2.27. The first-order valence-electron chi connectivity index (χ1n) is 7.12. The SMILES string of the molecule is CCN(C)CCNc1nccc2cc(OC)c(OC)cc12. The van der Waals surface area contributed by atoms with Crippen LogP contribution in [0.3, 0.4) is 0 Å². The van der Waals surface area contributed by atoms with Crippen molar-refractivity contribution in [1.29, 1.82) is 0 Å². The maximum Gasteiger partial charge on any atom is 0.161 e. The number of ether oxygens (including phenoxy) is 2. The minimum Gasteiger partial charge on any atom is -0.493 e. The second-order valence-corrected chi connectivity index (χ2v) is 4.91. The van der Waals surface area contributed by atoms with E-state index in [-0.39, 0.29) is 0 Å². The number of hydrogen-bond acceptors (Lipinski definition) is 5. The minimum atomic E-state index is 0.715. The number of hydrogen-bond donors (Lipinski definition) is 1. The highest BCUT2D eigenvalue weighted by Gasteiger charge is 2.09. The molecule has 1 N–H and O–H groups in total. The van der Waals surface area contributed by atoms with Crippen molar-refractivity contribution in [3.8, 4) is 11.5 Å². The predicted molar refractivity (Wildman–Crippen MR) is 86.5 cm³/mol. The lowest BCUT2D eigenvalue weighted by atomic mass is 10.1. The Labute approximate surface area is 125 Å². The van der Waals surface area contributed by atoms with Gasteiger partial charge >= 0.3 is 0 Å². The molecule has 114 valence electrons. The van der Waals surface area contributed by atoms with Crippen molar-refractivity contribution in [2.45, 2.75) is 6.92 Å². The topological polar surface area (TPSA) is 46.6 Å². The van der Waals surface area contributed by atoms with Gasteiger partial charge in [-0.2, -0.15) is 0 Å². The Morgan fingerprint density at radius 3 is 2.57 bits per heavy atom. The number of pyridine rings is 1. The number of methoxy groups -OCH3 is 2. The van der Waals surface area contributed by atoms with Gasteiger partial charge in [0, 0.05) is 24.7 Å². The lowest BCUT2D eigenvalue weighted by Gasteiger charge is -2.16. The summed E-state index contributed by atoms with van der Waals surface area (Å²) >= 11 is 0. The number of nitrogens with one attached hydrogen (secondary N) is 1. The number of benzene rings is 1. The molecular formula is C16H23N3O2. The van der Waals surface area contributed by atoms with Gasteiger partial charge in [-0.05, 0) is 37.2 Å². The monoisotopic (exact) mass is 289 g/mol. The molecule has 0 saturated carbocycles. The average Bonchev–Trinajstić information content (AvgIpc) is 2.53. The van der Waals surface area contributed by atoms with E-state index in [1.165, 1.54) is 0 Å². The molecule has 2 rings (SSSR count). The predicted octanol–water partition coefficient (Wildman–Crippen LogP) is 2.62. The molecule has 0 aliphatic heterocycles. The summed E-state index contributed by atoms with van der Waals surface area (Å²) in [5.41, 5.74) is 0. The third-order valence-corrected chi connectivity index (χ3v) is 3.59. The first kappa shape index (κ1) is 15.4. The van der Waals surface area contributed by atoms with Crippen molar-refractivity contribution >= 4 is 16.6 Å². The van der Waals surface area contributed by atoms with Crippen LogP contribution in [0.15, 0.2) is 24.4 Å². The van der Waals surface area contributed by atoms with Crippen LogP contribution in [0.1, 0.15) is 6.92 Å². The van der Waals surface area contributed by atoms with Gasteiger partial charge in [0.25, 0.3) is 0 Å². The molecule has 5 nitrogen and oxygen atoms in total. The van der Waals surface area contributed by atoms with Crippen molar-refractivity contribution in [2.75, 3.05) is 46.2 Å². The molecule has 0 aliphatic rings. The molecule has 0 aliphatic carbocycles. The van der Waals surface area contributed by atoms with E-state index in [2.05, 4.69) is 29.2 Å². The molecule has 1 heterocycles. The summed E-state index contributed by atoms with van der Waals surface area (Å²) in [6.07, 6.45) is 1.81. The standard InChI is InChI=1S/C16H23N3O2/c1-5-19(2)9-8-18-16-13-11-15(21-4)14(20-3)10-12(13)6-7-17-16/h6-7,10-11H,5,8-9H2,1-4H3,(H,17,18). The van der Waals surface area contributed by atoms with E-state index in [9.17, 15) is 0 Å². The summed E-state index contributed by atoms with van der Waals surface area (Å²) in [6, 6.07) is 5.91. The molecule has 0 spiro atoms. The summed E-state index contributed by atoms with van der Waals surface area (Å²) in [7, 11) is 5.39. The largest absolute Gasteiger partial charge is 0.493 e. The van der Waals surface area contributed by atoms with E-state index >= 15 is 0 Å². The van der Waals surface area contributed by atoms with Crippen LogP contribution >= 0.6 is 0 Å². The summed E-state index contributed by atoms with van der Waals surface area (Å²) < 4.78 is 10.7. The highest BCUT2D eigenvalue weighted by atomic mass is 16.5. The van der Waals surface area contributed by atoms with Crippen LogP contribution in [0.4, 0.5) is 5.82 Å². The molecule has 0 bridgehead atoms. The van der Waals surface area contributed by atoms with Crippen LogP contribution in [0.5, 0.6) is 11.5 Å². The minimum absolute atomic E-state index is 0.715. The maximum absolute atomic E-state index is 5.37. The van der Waals surface area contributed by atoms with Crippen LogP contribution in [0, 0.1) is 0 Å². The molecule has 0 fully saturated rings. The lowest BCUT2D eigenvalue weighted by molar-refractivity contribution is 0.356. The average molecular weight is 289 g/mol. The smallest absolute Gasteiger partial charge is 0.161 e. The zero-order valence-corrected chi connectivity index (χ0v) is 13.1. The Kier molecular flexibility index (Phi) is 5.22. The van der Waals surface area contributed by atoms with Gasteiger partial charge in [0.15, 0.2) is 11.5 Å². The van der Waals surface area contributed by atoms with Crippen LogP contribution in [0.2, 0.25) is 0 Å². The fourth-order valence-corrected chi connectivity index (χ4v) is 2.16. The van der Waals surface area contributed by atoms with Gasteiger partial charge in [-0.25, -0.2) is 4.98 Å². The summed E-state index contributed by atoms with van der Waals surface area (Å²) in [4.78, 5) is 6.69. The van der Waals surface area contributed by atoms with Gasteiger partial charge in [0.1, 0.15) is 5.82 Å². The zero-order valence-electron chi connectivity index (χ0n) is 13.1. The molecule has 21 heavy (non-hydrogen) atoms. The van der Waals surface area contributed by atoms with Crippen LogP contribution in [-0.4, -0.2) is 50.8 Å². The van der Waals surface area contributed by atoms with E-state index in [0.29, 0.717) is 5.75 Å². The number of anilines is 1. The Morgan fingerprint density at radius 2 is 1.90 bits per heavy atom. The van der Waals surface area contributed by atoms with Gasteiger partial charge in [0.05, 0.1) is 14.2 Å². The maximum atomic E-state index is 5.37. The van der Waals surface area contributed by atoms with E-state index in [1.54, 1.807) is 20.4 Å². The molecule has 0 radical (unpaired) electrons. The Morgan fingerprint density at radius 1 is 1.19 bits per heavy atom. The fourth-order valence-electron chi connectivity index (χ4n) is 2.16. The fraction of sp³-hybridized carbons (Fsp3) is 0.438. The van der Waals surface area contributed by atoms with E-state index < -0.39 is 0 Å². The molecule has 0 atom stereocenters.